The number of nitrogens with one attached hydrogen (secondary N) is 1. The number of sulfone groups is 1. The molecule has 0 aliphatic carbocycles. The maximum atomic E-state index is 13.4. The summed E-state index contributed by atoms with van der Waals surface area (Å²) in [6.07, 6.45) is -0.526. The molecule has 2 N–H and O–H groups in total. The van der Waals surface area contributed by atoms with Gasteiger partial charge in [-0.25, -0.2) is 18.3 Å². The highest BCUT2D eigenvalue weighted by Crippen LogP contribution is 2.37. The van der Waals surface area contributed by atoms with Gasteiger partial charge in [-0.15, -0.1) is 0 Å². The SMILES string of the molecule is COc1ccc(S(=O)(=O)C(CC(=O)NO)c2ccccc2OCc2ccc(F)cc2)cc1. The number of benzene rings is 3. The number of hydrogen-bond donors (Lipinski definition) is 2. The number of para-hydroxylation sites is 1. The molecule has 32 heavy (non-hydrogen) atoms. The minimum absolute atomic E-state index is 0.0117. The molecular formula is C23H22FNO6S. The van der Waals surface area contributed by atoms with E-state index in [4.69, 9.17) is 14.7 Å². The minimum atomic E-state index is -4.05. The number of hydrogen-bond acceptors (Lipinski definition) is 6. The van der Waals surface area contributed by atoms with Crippen molar-refractivity contribution < 1.29 is 32.3 Å². The van der Waals surface area contributed by atoms with Crippen LogP contribution in [0.4, 0.5) is 4.39 Å². The van der Waals surface area contributed by atoms with Crippen molar-refractivity contribution in [2.75, 3.05) is 7.11 Å². The van der Waals surface area contributed by atoms with Crippen LogP contribution in [0.2, 0.25) is 0 Å². The van der Waals surface area contributed by atoms with Crippen LogP contribution in [-0.4, -0.2) is 26.6 Å². The third-order valence-electron chi connectivity index (χ3n) is 4.83. The lowest BCUT2D eigenvalue weighted by molar-refractivity contribution is -0.129. The van der Waals surface area contributed by atoms with Crippen LogP contribution in [0.15, 0.2) is 77.7 Å². The van der Waals surface area contributed by atoms with Crippen molar-refractivity contribution in [3.63, 3.8) is 0 Å². The zero-order valence-corrected chi connectivity index (χ0v) is 18.0. The normalized spacial score (nSPS) is 12.1. The zero-order chi connectivity index (χ0) is 23.1. The van der Waals surface area contributed by atoms with Gasteiger partial charge in [0.15, 0.2) is 9.84 Å². The van der Waals surface area contributed by atoms with Gasteiger partial charge in [-0.3, -0.25) is 10.0 Å². The van der Waals surface area contributed by atoms with Crippen LogP contribution in [0, 0.1) is 5.82 Å². The molecule has 3 aromatic rings. The molecule has 0 fully saturated rings. The summed E-state index contributed by atoms with van der Waals surface area (Å²) in [4.78, 5) is 12.0. The van der Waals surface area contributed by atoms with Gasteiger partial charge in [-0.05, 0) is 48.0 Å². The maximum Gasteiger partial charge on any atom is 0.245 e. The number of carbonyl (C=O) groups is 1. The monoisotopic (exact) mass is 459 g/mol. The van der Waals surface area contributed by atoms with Gasteiger partial charge in [-0.2, -0.15) is 0 Å². The average molecular weight is 459 g/mol. The summed E-state index contributed by atoms with van der Waals surface area (Å²) in [6.45, 7) is 0.0682. The topological polar surface area (TPSA) is 102 Å². The van der Waals surface area contributed by atoms with Gasteiger partial charge in [0.25, 0.3) is 0 Å². The molecule has 0 bridgehead atoms. The van der Waals surface area contributed by atoms with Crippen LogP contribution >= 0.6 is 0 Å². The summed E-state index contributed by atoms with van der Waals surface area (Å²) in [6, 6.07) is 18.0. The molecule has 0 saturated carbocycles. The van der Waals surface area contributed by atoms with E-state index in [9.17, 15) is 17.6 Å². The van der Waals surface area contributed by atoms with E-state index in [0.29, 0.717) is 11.3 Å². The Morgan fingerprint density at radius 2 is 1.69 bits per heavy atom. The van der Waals surface area contributed by atoms with Gasteiger partial charge in [-0.1, -0.05) is 30.3 Å². The van der Waals surface area contributed by atoms with E-state index in [1.807, 2.05) is 0 Å². The van der Waals surface area contributed by atoms with Crippen molar-refractivity contribution in [2.24, 2.45) is 0 Å². The van der Waals surface area contributed by atoms with E-state index in [0.717, 1.165) is 0 Å². The van der Waals surface area contributed by atoms with Crippen LogP contribution < -0.4 is 15.0 Å². The fourth-order valence-electron chi connectivity index (χ4n) is 3.15. The maximum absolute atomic E-state index is 13.4. The van der Waals surface area contributed by atoms with Gasteiger partial charge in [0.05, 0.1) is 18.4 Å². The quantitative estimate of drug-likeness (QED) is 0.373. The van der Waals surface area contributed by atoms with E-state index < -0.39 is 27.4 Å². The molecular weight excluding hydrogens is 437 g/mol. The fraction of sp³-hybridized carbons (Fsp3) is 0.174. The molecule has 0 radical (unpaired) electrons. The molecule has 3 rings (SSSR count). The lowest BCUT2D eigenvalue weighted by atomic mass is 10.1. The van der Waals surface area contributed by atoms with Crippen LogP contribution in [0.5, 0.6) is 11.5 Å². The molecule has 1 amide bonds. The Balaban J connectivity index is 1.98. The molecule has 3 aromatic carbocycles. The van der Waals surface area contributed by atoms with Gasteiger partial charge >= 0.3 is 0 Å². The second kappa shape index (κ2) is 10.3. The second-order valence-electron chi connectivity index (χ2n) is 6.90. The van der Waals surface area contributed by atoms with Crippen LogP contribution in [0.1, 0.15) is 22.8 Å². The zero-order valence-electron chi connectivity index (χ0n) is 17.2. The molecule has 0 saturated heterocycles. The minimum Gasteiger partial charge on any atom is -0.497 e. The first-order chi connectivity index (χ1) is 15.3. The first-order valence-electron chi connectivity index (χ1n) is 9.62. The van der Waals surface area contributed by atoms with Crippen LogP contribution in [-0.2, 0) is 21.2 Å². The van der Waals surface area contributed by atoms with E-state index >= 15 is 0 Å². The lowest BCUT2D eigenvalue weighted by Crippen LogP contribution is -2.25. The van der Waals surface area contributed by atoms with E-state index in [1.54, 1.807) is 36.4 Å². The molecule has 0 aromatic heterocycles. The van der Waals surface area contributed by atoms with Crippen molar-refractivity contribution in [2.45, 2.75) is 23.2 Å². The number of hydroxylamine groups is 1. The molecule has 9 heteroatoms. The highest BCUT2D eigenvalue weighted by Gasteiger charge is 2.33. The number of amides is 1. The summed E-state index contributed by atoms with van der Waals surface area (Å²) in [5.41, 5.74) is 2.43. The molecule has 168 valence electrons. The summed E-state index contributed by atoms with van der Waals surface area (Å²) in [7, 11) is -2.59. The Labute approximate surface area is 185 Å². The Morgan fingerprint density at radius 3 is 2.31 bits per heavy atom. The Bertz CT molecular complexity index is 1160. The van der Waals surface area contributed by atoms with E-state index in [1.165, 1.54) is 49.0 Å². The highest BCUT2D eigenvalue weighted by molar-refractivity contribution is 7.91. The summed E-state index contributed by atoms with van der Waals surface area (Å²) in [5.74, 6) is -0.503. The molecule has 0 aliphatic rings. The molecule has 1 unspecified atom stereocenters. The van der Waals surface area contributed by atoms with Crippen LogP contribution in [0.3, 0.4) is 0 Å². The first kappa shape index (κ1) is 23.2. The highest BCUT2D eigenvalue weighted by atomic mass is 32.2. The predicted molar refractivity (Wildman–Crippen MR) is 115 cm³/mol. The van der Waals surface area contributed by atoms with Crippen LogP contribution in [0.25, 0.3) is 0 Å². The predicted octanol–water partition coefficient (Wildman–Crippen LogP) is 3.82. The third kappa shape index (κ3) is 5.43. The molecule has 1 atom stereocenters. The third-order valence-corrected chi connectivity index (χ3v) is 6.93. The van der Waals surface area contributed by atoms with Gasteiger partial charge < -0.3 is 9.47 Å². The summed E-state index contributed by atoms with van der Waals surface area (Å²) in [5, 5.41) is 7.68. The molecule has 0 spiro atoms. The van der Waals surface area contributed by atoms with Gasteiger partial charge in [0.2, 0.25) is 5.91 Å². The molecule has 0 heterocycles. The fourth-order valence-corrected chi connectivity index (χ4v) is 4.89. The smallest absolute Gasteiger partial charge is 0.245 e. The number of halogens is 1. The average Bonchev–Trinajstić information content (AvgIpc) is 2.82. The number of methoxy groups -OCH3 is 1. The number of rotatable bonds is 9. The van der Waals surface area contributed by atoms with E-state index in [2.05, 4.69) is 0 Å². The summed E-state index contributed by atoms with van der Waals surface area (Å²) < 4.78 is 50.9. The van der Waals surface area contributed by atoms with Crippen molar-refractivity contribution in [1.82, 2.24) is 5.48 Å². The number of ether oxygens (including phenoxy) is 2. The van der Waals surface area contributed by atoms with Crippen molar-refractivity contribution in [3.8, 4) is 11.5 Å². The first-order valence-corrected chi connectivity index (χ1v) is 11.2. The Kier molecular flexibility index (Phi) is 7.45. The van der Waals surface area contributed by atoms with E-state index in [-0.39, 0.29) is 28.6 Å². The standard InChI is InChI=1S/C23H22FNO6S/c1-30-18-10-12-19(13-11-18)32(28,29)22(14-23(26)25-27)20-4-2-3-5-21(20)31-15-16-6-8-17(24)9-7-16/h2-13,22,27H,14-15H2,1H3,(H,25,26). The van der Waals surface area contributed by atoms with Crippen molar-refractivity contribution in [3.05, 3.63) is 89.7 Å². The second-order valence-corrected chi connectivity index (χ2v) is 9.03. The van der Waals surface area contributed by atoms with Gasteiger partial charge in [0, 0.05) is 5.56 Å². The largest absolute Gasteiger partial charge is 0.497 e. The lowest BCUT2D eigenvalue weighted by Gasteiger charge is -2.21. The van der Waals surface area contributed by atoms with Crippen molar-refractivity contribution in [1.29, 1.82) is 0 Å². The van der Waals surface area contributed by atoms with Crippen molar-refractivity contribution >= 4 is 15.7 Å². The molecule has 0 aliphatic heterocycles. The number of carbonyl (C=O) groups excluding carboxylic acids is 1. The molecule has 7 nitrogen and oxygen atoms in total. The van der Waals surface area contributed by atoms with Gasteiger partial charge in [0.1, 0.15) is 29.2 Å². The Morgan fingerprint density at radius 1 is 1.03 bits per heavy atom. The summed E-state index contributed by atoms with van der Waals surface area (Å²) >= 11 is 0. The Hall–Kier alpha value is -3.43.